The molecule has 8 heteroatoms. The quantitative estimate of drug-likeness (QED) is 0.343. The maximum Gasteiger partial charge on any atom is 0.170 e. The van der Waals surface area contributed by atoms with Crippen LogP contribution in [0.3, 0.4) is 0 Å². The summed E-state index contributed by atoms with van der Waals surface area (Å²) in [5, 5.41) is 4.01. The lowest BCUT2D eigenvalue weighted by Crippen LogP contribution is -2.29. The van der Waals surface area contributed by atoms with Crippen molar-refractivity contribution >= 4 is 33.3 Å². The molecule has 1 aliphatic heterocycles. The van der Waals surface area contributed by atoms with Gasteiger partial charge in [0.1, 0.15) is 23.4 Å². The Morgan fingerprint density at radius 1 is 1.03 bits per heavy atom. The summed E-state index contributed by atoms with van der Waals surface area (Å²) in [6.45, 7) is 0.525. The lowest BCUT2D eigenvalue weighted by atomic mass is 10.0. The fraction of sp³-hybridized carbons (Fsp3) is 0.125. The molecule has 4 aromatic rings. The van der Waals surface area contributed by atoms with Crippen molar-refractivity contribution in [3.63, 3.8) is 0 Å². The van der Waals surface area contributed by atoms with Crippen LogP contribution in [0.15, 0.2) is 88.0 Å². The fourth-order valence-corrected chi connectivity index (χ4v) is 4.75. The topological polar surface area (TPSA) is 54.2 Å². The Labute approximate surface area is 198 Å². The first kappa shape index (κ1) is 20.8. The SMILES string of the molecule is Fc1ccc(-c2ccc([C@@H]3[C@@H](c4ccccn4)NC(=S)N3Cc3ccccn3)o2)c(Br)c1. The molecule has 0 bridgehead atoms. The number of pyridine rings is 2. The molecule has 0 amide bonds. The minimum absolute atomic E-state index is 0.192. The van der Waals surface area contributed by atoms with Crippen molar-refractivity contribution in [1.29, 1.82) is 0 Å². The number of hydrogen-bond donors (Lipinski definition) is 1. The lowest BCUT2D eigenvalue weighted by molar-refractivity contribution is 0.267. The van der Waals surface area contributed by atoms with Gasteiger partial charge in [0.25, 0.3) is 0 Å². The zero-order valence-electron chi connectivity index (χ0n) is 16.8. The average molecular weight is 509 g/mol. The Hall–Kier alpha value is -3.10. The first-order chi connectivity index (χ1) is 15.6. The van der Waals surface area contributed by atoms with E-state index in [1.165, 1.54) is 12.1 Å². The largest absolute Gasteiger partial charge is 0.459 e. The molecule has 1 fully saturated rings. The summed E-state index contributed by atoms with van der Waals surface area (Å²) in [5.41, 5.74) is 2.54. The van der Waals surface area contributed by atoms with E-state index in [2.05, 4.69) is 36.1 Å². The van der Waals surface area contributed by atoms with Crippen LogP contribution in [0.1, 0.15) is 29.2 Å². The van der Waals surface area contributed by atoms with Gasteiger partial charge >= 0.3 is 0 Å². The van der Waals surface area contributed by atoms with Gasteiger partial charge in [-0.2, -0.15) is 0 Å². The molecule has 0 saturated carbocycles. The summed E-state index contributed by atoms with van der Waals surface area (Å²) in [4.78, 5) is 11.1. The summed E-state index contributed by atoms with van der Waals surface area (Å²) < 4.78 is 20.5. The lowest BCUT2D eigenvalue weighted by Gasteiger charge is -2.25. The standard InChI is InChI=1S/C24H18BrFN4OS/c25-18-13-15(26)7-8-17(18)20-9-10-21(31-20)23-22(19-6-2-4-12-28-19)29-24(32)30(23)14-16-5-1-3-11-27-16/h1-13,22-23H,14H2,(H,29,32)/t22-,23-/m1/s1. The van der Waals surface area contributed by atoms with Gasteiger partial charge in [0.2, 0.25) is 0 Å². The Kier molecular flexibility index (Phi) is 5.71. The number of benzene rings is 1. The Morgan fingerprint density at radius 3 is 2.56 bits per heavy atom. The highest BCUT2D eigenvalue weighted by Gasteiger charge is 2.41. The molecule has 0 spiro atoms. The van der Waals surface area contributed by atoms with E-state index in [-0.39, 0.29) is 17.9 Å². The zero-order valence-corrected chi connectivity index (χ0v) is 19.2. The van der Waals surface area contributed by atoms with Crippen LogP contribution in [0.2, 0.25) is 0 Å². The molecule has 0 radical (unpaired) electrons. The third-order valence-corrected chi connectivity index (χ3v) is 6.38. The number of hydrogen-bond acceptors (Lipinski definition) is 4. The van der Waals surface area contributed by atoms with E-state index in [0.29, 0.717) is 21.9 Å². The van der Waals surface area contributed by atoms with Gasteiger partial charge < -0.3 is 14.6 Å². The van der Waals surface area contributed by atoms with Crippen molar-refractivity contribution in [1.82, 2.24) is 20.2 Å². The normalized spacial score (nSPS) is 18.1. The van der Waals surface area contributed by atoms with Crippen LogP contribution in [0, 0.1) is 5.82 Å². The van der Waals surface area contributed by atoms with Gasteiger partial charge in [0.15, 0.2) is 5.11 Å². The molecule has 32 heavy (non-hydrogen) atoms. The van der Waals surface area contributed by atoms with Crippen molar-refractivity contribution in [3.8, 4) is 11.3 Å². The van der Waals surface area contributed by atoms with E-state index in [4.69, 9.17) is 16.6 Å². The number of nitrogens with one attached hydrogen (secondary N) is 1. The number of rotatable bonds is 5. The molecule has 1 aromatic carbocycles. The molecule has 5 nitrogen and oxygen atoms in total. The molecule has 2 atom stereocenters. The van der Waals surface area contributed by atoms with Crippen LogP contribution < -0.4 is 5.32 Å². The molecule has 0 aliphatic carbocycles. The van der Waals surface area contributed by atoms with Gasteiger partial charge in [-0.05, 0) is 82.7 Å². The van der Waals surface area contributed by atoms with Gasteiger partial charge in [-0.3, -0.25) is 9.97 Å². The molecule has 0 unspecified atom stereocenters. The maximum atomic E-state index is 13.6. The van der Waals surface area contributed by atoms with Crippen LogP contribution in [-0.4, -0.2) is 20.0 Å². The second kappa shape index (κ2) is 8.80. The van der Waals surface area contributed by atoms with E-state index in [1.807, 2.05) is 48.5 Å². The number of furan rings is 1. The highest BCUT2D eigenvalue weighted by Crippen LogP contribution is 2.41. The van der Waals surface area contributed by atoms with Crippen molar-refractivity contribution < 1.29 is 8.81 Å². The fourth-order valence-electron chi connectivity index (χ4n) is 3.90. The van der Waals surface area contributed by atoms with E-state index in [9.17, 15) is 4.39 Å². The summed E-state index contributed by atoms with van der Waals surface area (Å²) in [6, 6.07) is 19.6. The predicted octanol–water partition coefficient (Wildman–Crippen LogP) is 5.81. The maximum absolute atomic E-state index is 13.6. The van der Waals surface area contributed by atoms with E-state index in [0.717, 1.165) is 22.7 Å². The molecule has 5 rings (SSSR count). The smallest absolute Gasteiger partial charge is 0.170 e. The van der Waals surface area contributed by atoms with Crippen molar-refractivity contribution in [2.24, 2.45) is 0 Å². The van der Waals surface area contributed by atoms with Crippen molar-refractivity contribution in [2.45, 2.75) is 18.6 Å². The molecular weight excluding hydrogens is 491 g/mol. The molecule has 1 saturated heterocycles. The molecule has 1 N–H and O–H groups in total. The van der Waals surface area contributed by atoms with E-state index < -0.39 is 0 Å². The van der Waals surface area contributed by atoms with Crippen molar-refractivity contribution in [3.05, 3.63) is 107 Å². The summed E-state index contributed by atoms with van der Waals surface area (Å²) >= 11 is 9.13. The van der Waals surface area contributed by atoms with Gasteiger partial charge in [-0.25, -0.2) is 4.39 Å². The van der Waals surface area contributed by atoms with Gasteiger partial charge in [-0.15, -0.1) is 0 Å². The second-order valence-electron chi connectivity index (χ2n) is 7.40. The van der Waals surface area contributed by atoms with Crippen LogP contribution in [0.25, 0.3) is 11.3 Å². The molecular formula is C24H18BrFN4OS. The highest BCUT2D eigenvalue weighted by atomic mass is 79.9. The Bertz CT molecular complexity index is 1250. The van der Waals surface area contributed by atoms with E-state index >= 15 is 0 Å². The van der Waals surface area contributed by atoms with Crippen LogP contribution in [0.5, 0.6) is 0 Å². The number of aromatic nitrogens is 2. The minimum Gasteiger partial charge on any atom is -0.459 e. The van der Waals surface area contributed by atoms with Gasteiger partial charge in [0, 0.05) is 22.4 Å². The minimum atomic E-state index is -0.311. The van der Waals surface area contributed by atoms with Crippen LogP contribution >= 0.6 is 28.1 Å². The predicted molar refractivity (Wildman–Crippen MR) is 127 cm³/mol. The van der Waals surface area contributed by atoms with E-state index in [1.54, 1.807) is 18.5 Å². The monoisotopic (exact) mass is 508 g/mol. The first-order valence-corrected chi connectivity index (χ1v) is 11.2. The number of thiocarbonyl (C=S) groups is 1. The molecule has 1 aliphatic rings. The van der Waals surface area contributed by atoms with Crippen LogP contribution in [-0.2, 0) is 6.54 Å². The molecule has 4 heterocycles. The average Bonchev–Trinajstić information content (AvgIpc) is 3.40. The molecule has 160 valence electrons. The van der Waals surface area contributed by atoms with Crippen LogP contribution in [0.4, 0.5) is 4.39 Å². The first-order valence-electron chi connectivity index (χ1n) is 10.0. The van der Waals surface area contributed by atoms with Crippen molar-refractivity contribution in [2.75, 3.05) is 0 Å². The Morgan fingerprint density at radius 2 is 1.84 bits per heavy atom. The number of nitrogens with zero attached hydrogens (tertiary/aromatic N) is 3. The van der Waals surface area contributed by atoms with Gasteiger partial charge in [0.05, 0.1) is 24.0 Å². The summed E-state index contributed by atoms with van der Waals surface area (Å²) in [6.07, 6.45) is 3.53. The highest BCUT2D eigenvalue weighted by molar-refractivity contribution is 9.10. The summed E-state index contributed by atoms with van der Waals surface area (Å²) in [7, 11) is 0. The third kappa shape index (κ3) is 4.03. The Balaban J connectivity index is 1.55. The second-order valence-corrected chi connectivity index (χ2v) is 8.64. The van der Waals surface area contributed by atoms with Gasteiger partial charge in [-0.1, -0.05) is 12.1 Å². The zero-order chi connectivity index (χ0) is 22.1. The molecule has 3 aromatic heterocycles. The third-order valence-electron chi connectivity index (χ3n) is 5.37. The number of halogens is 2. The summed E-state index contributed by atoms with van der Waals surface area (Å²) in [5.74, 6) is 1.06.